The van der Waals surface area contributed by atoms with E-state index >= 15 is 0 Å². The van der Waals surface area contributed by atoms with Crippen LogP contribution in [0.3, 0.4) is 0 Å². The van der Waals surface area contributed by atoms with E-state index < -0.39 is 17.4 Å². The number of fused-ring (bicyclic) bond motifs is 2. The third kappa shape index (κ3) is 2.99. The maximum atomic E-state index is 13.1. The first-order valence-corrected chi connectivity index (χ1v) is 7.67. The molecule has 0 spiro atoms. The monoisotopic (exact) mass is 356 g/mol. The van der Waals surface area contributed by atoms with Gasteiger partial charge in [0.15, 0.2) is 0 Å². The predicted octanol–water partition coefficient (Wildman–Crippen LogP) is 5.10. The fraction of sp³-hybridized carbons (Fsp3) is 0.0526. The van der Waals surface area contributed by atoms with Crippen LogP contribution in [0.5, 0.6) is 0 Å². The zero-order valence-electron chi connectivity index (χ0n) is 13.2. The molecule has 0 saturated heterocycles. The number of nitrogens with one attached hydrogen (secondary N) is 1. The van der Waals surface area contributed by atoms with E-state index in [0.717, 1.165) is 10.9 Å². The minimum absolute atomic E-state index is 0.131. The summed E-state index contributed by atoms with van der Waals surface area (Å²) in [6.45, 7) is 0. The lowest BCUT2D eigenvalue weighted by molar-refractivity contribution is -0.136. The van der Waals surface area contributed by atoms with Crippen LogP contribution in [0.15, 0.2) is 70.0 Å². The summed E-state index contributed by atoms with van der Waals surface area (Å²) < 4.78 is 44.2. The Hall–Kier alpha value is -3.35. The molecule has 2 heterocycles. The first-order chi connectivity index (χ1) is 12.4. The van der Waals surface area contributed by atoms with Crippen LogP contribution in [0.2, 0.25) is 0 Å². The van der Waals surface area contributed by atoms with Gasteiger partial charge in [-0.15, -0.1) is 0 Å². The Morgan fingerprint density at radius 1 is 0.962 bits per heavy atom. The van der Waals surface area contributed by atoms with Gasteiger partial charge < -0.3 is 9.73 Å². The quantitative estimate of drug-likeness (QED) is 0.508. The normalized spacial score (nSPS) is 11.8. The van der Waals surface area contributed by atoms with Crippen molar-refractivity contribution in [1.82, 2.24) is 4.98 Å². The molecule has 0 amide bonds. The van der Waals surface area contributed by atoms with Crippen molar-refractivity contribution in [2.45, 2.75) is 6.18 Å². The fourth-order valence-electron chi connectivity index (χ4n) is 2.79. The second kappa shape index (κ2) is 5.87. The second-order valence-electron chi connectivity index (χ2n) is 5.72. The van der Waals surface area contributed by atoms with E-state index in [1.165, 1.54) is 18.2 Å². The number of halogens is 3. The molecule has 0 radical (unpaired) electrons. The third-order valence-corrected chi connectivity index (χ3v) is 3.94. The van der Waals surface area contributed by atoms with Gasteiger partial charge in [0, 0.05) is 40.5 Å². The Labute approximate surface area is 144 Å². The molecule has 0 unspecified atom stereocenters. The van der Waals surface area contributed by atoms with Gasteiger partial charge in [0.1, 0.15) is 5.58 Å². The summed E-state index contributed by atoms with van der Waals surface area (Å²) in [7, 11) is 0. The lowest BCUT2D eigenvalue weighted by atomic mass is 10.1. The fourth-order valence-corrected chi connectivity index (χ4v) is 2.79. The Bertz CT molecular complexity index is 1180. The van der Waals surface area contributed by atoms with E-state index in [1.807, 2.05) is 30.3 Å². The zero-order chi connectivity index (χ0) is 18.3. The number of hydrogen-bond donors (Lipinski definition) is 1. The molecule has 0 aliphatic carbocycles. The van der Waals surface area contributed by atoms with Crippen LogP contribution < -0.4 is 10.9 Å². The summed E-state index contributed by atoms with van der Waals surface area (Å²) in [5.41, 5.74) is -0.194. The topological polar surface area (TPSA) is 55.1 Å². The molecule has 0 fully saturated rings. The summed E-state index contributed by atoms with van der Waals surface area (Å²) >= 11 is 0. The smallest absolute Gasteiger partial charge is 0.417 e. The summed E-state index contributed by atoms with van der Waals surface area (Å²) in [6.07, 6.45) is -2.96. The molecule has 130 valence electrons. The van der Waals surface area contributed by atoms with Gasteiger partial charge >= 0.3 is 11.8 Å². The van der Waals surface area contributed by atoms with Crippen LogP contribution >= 0.6 is 0 Å². The van der Waals surface area contributed by atoms with Crippen molar-refractivity contribution < 1.29 is 17.6 Å². The Morgan fingerprint density at radius 3 is 2.54 bits per heavy atom. The molecule has 0 atom stereocenters. The van der Waals surface area contributed by atoms with E-state index in [9.17, 15) is 18.0 Å². The van der Waals surface area contributed by atoms with Crippen LogP contribution in [0.4, 0.5) is 24.5 Å². The van der Waals surface area contributed by atoms with Crippen LogP contribution in [0, 0.1) is 0 Å². The lowest BCUT2D eigenvalue weighted by Gasteiger charge is -2.11. The number of aromatic nitrogens is 1. The van der Waals surface area contributed by atoms with Gasteiger partial charge in [-0.05, 0) is 30.3 Å². The van der Waals surface area contributed by atoms with Gasteiger partial charge in [-0.3, -0.25) is 4.98 Å². The molecular formula is C19H11F3N2O2. The molecule has 1 N–H and O–H groups in total. The molecular weight excluding hydrogens is 345 g/mol. The zero-order valence-corrected chi connectivity index (χ0v) is 13.2. The molecule has 4 aromatic rings. The number of alkyl halides is 3. The number of rotatable bonds is 2. The van der Waals surface area contributed by atoms with Gasteiger partial charge in [0.25, 0.3) is 0 Å². The van der Waals surface area contributed by atoms with Gasteiger partial charge in [0.05, 0.1) is 11.1 Å². The minimum atomic E-state index is -4.63. The summed E-state index contributed by atoms with van der Waals surface area (Å²) in [5.74, 6) is 0. The molecule has 7 heteroatoms. The number of nitrogens with zero attached hydrogens (tertiary/aromatic N) is 1. The Kier molecular flexibility index (Phi) is 3.64. The largest absolute Gasteiger partial charge is 0.423 e. The van der Waals surface area contributed by atoms with E-state index in [2.05, 4.69) is 10.3 Å². The van der Waals surface area contributed by atoms with Crippen LogP contribution in [0.1, 0.15) is 5.56 Å². The number of anilines is 2. The highest BCUT2D eigenvalue weighted by atomic mass is 19.4. The molecule has 0 bridgehead atoms. The van der Waals surface area contributed by atoms with Gasteiger partial charge in [-0.1, -0.05) is 12.1 Å². The molecule has 0 aliphatic heterocycles. The number of pyridine rings is 1. The van der Waals surface area contributed by atoms with Crippen molar-refractivity contribution in [3.63, 3.8) is 0 Å². The van der Waals surface area contributed by atoms with E-state index in [0.29, 0.717) is 17.4 Å². The highest BCUT2D eigenvalue weighted by Crippen LogP contribution is 2.35. The predicted molar refractivity (Wildman–Crippen MR) is 92.5 cm³/mol. The third-order valence-electron chi connectivity index (χ3n) is 3.94. The van der Waals surface area contributed by atoms with Crippen LogP contribution in [-0.4, -0.2) is 4.98 Å². The molecule has 26 heavy (non-hydrogen) atoms. The van der Waals surface area contributed by atoms with Gasteiger partial charge in [-0.25, -0.2) is 4.79 Å². The molecule has 2 aromatic heterocycles. The van der Waals surface area contributed by atoms with E-state index in [4.69, 9.17) is 4.42 Å². The standard InChI is InChI=1S/C19H11F3N2O2/c20-19(21,22)15-10-18(25)26-17-9-13(5-6-14(15)17)24-12-4-3-11-2-1-7-23-16(11)8-12/h1-10,24H. The molecule has 4 rings (SSSR count). The minimum Gasteiger partial charge on any atom is -0.423 e. The van der Waals surface area contributed by atoms with Crippen molar-refractivity contribution in [1.29, 1.82) is 0 Å². The maximum absolute atomic E-state index is 13.1. The summed E-state index contributed by atoms with van der Waals surface area (Å²) in [5, 5.41) is 3.89. The van der Waals surface area contributed by atoms with E-state index in [-0.39, 0.29) is 11.0 Å². The average Bonchev–Trinajstić information content (AvgIpc) is 2.60. The highest BCUT2D eigenvalue weighted by molar-refractivity contribution is 5.86. The maximum Gasteiger partial charge on any atom is 0.417 e. The first kappa shape index (κ1) is 16.1. The van der Waals surface area contributed by atoms with Crippen molar-refractivity contribution in [3.8, 4) is 0 Å². The van der Waals surface area contributed by atoms with Crippen molar-refractivity contribution in [2.75, 3.05) is 5.32 Å². The molecule has 0 aliphatic rings. The van der Waals surface area contributed by atoms with Crippen molar-refractivity contribution >= 4 is 33.2 Å². The van der Waals surface area contributed by atoms with Crippen LogP contribution in [-0.2, 0) is 6.18 Å². The second-order valence-corrected chi connectivity index (χ2v) is 5.72. The van der Waals surface area contributed by atoms with Crippen molar-refractivity contribution in [3.05, 3.63) is 76.8 Å². The summed E-state index contributed by atoms with van der Waals surface area (Å²) in [4.78, 5) is 15.7. The average molecular weight is 356 g/mol. The first-order valence-electron chi connectivity index (χ1n) is 7.67. The highest BCUT2D eigenvalue weighted by Gasteiger charge is 2.33. The number of benzene rings is 2. The molecule has 0 saturated carbocycles. The molecule has 4 nitrogen and oxygen atoms in total. The van der Waals surface area contributed by atoms with E-state index in [1.54, 1.807) is 6.20 Å². The SMILES string of the molecule is O=c1cc(C(F)(F)F)c2ccc(Nc3ccc4cccnc4c3)cc2o1. The van der Waals surface area contributed by atoms with Crippen molar-refractivity contribution in [2.24, 2.45) is 0 Å². The van der Waals surface area contributed by atoms with Gasteiger partial charge in [0.2, 0.25) is 0 Å². The summed E-state index contributed by atoms with van der Waals surface area (Å²) in [6, 6.07) is 13.9. The Morgan fingerprint density at radius 2 is 1.73 bits per heavy atom. The number of hydrogen-bond acceptors (Lipinski definition) is 4. The van der Waals surface area contributed by atoms with Gasteiger partial charge in [-0.2, -0.15) is 13.2 Å². The van der Waals surface area contributed by atoms with Crippen LogP contribution in [0.25, 0.3) is 21.9 Å². The lowest BCUT2D eigenvalue weighted by Crippen LogP contribution is -2.11. The Balaban J connectivity index is 1.76. The molecule has 2 aromatic carbocycles.